The van der Waals surface area contributed by atoms with Crippen LogP contribution < -0.4 is 4.90 Å². The third-order valence-electron chi connectivity index (χ3n) is 14.9. The number of benzene rings is 11. The van der Waals surface area contributed by atoms with Crippen molar-refractivity contribution in [2.24, 2.45) is 0 Å². The lowest BCUT2D eigenvalue weighted by Gasteiger charge is -2.32. The van der Waals surface area contributed by atoms with Crippen molar-refractivity contribution < 1.29 is 8.83 Å². The Morgan fingerprint density at radius 3 is 1.53 bits per heavy atom. The monoisotopic (exact) mass is 865 g/mol. The summed E-state index contributed by atoms with van der Waals surface area (Å²) in [6, 6.07) is 86.5. The minimum Gasteiger partial charge on any atom is -0.456 e. The van der Waals surface area contributed by atoms with E-state index in [0.717, 1.165) is 83.2 Å². The highest BCUT2D eigenvalue weighted by Gasteiger charge is 2.51. The first kappa shape index (κ1) is 37.3. The largest absolute Gasteiger partial charge is 0.456 e. The van der Waals surface area contributed by atoms with Gasteiger partial charge in [-0.15, -0.1) is 0 Å². The van der Waals surface area contributed by atoms with E-state index in [1.54, 1.807) is 0 Å². The third-order valence-corrected chi connectivity index (χ3v) is 14.9. The van der Waals surface area contributed by atoms with Gasteiger partial charge in [0.2, 0.25) is 0 Å². The van der Waals surface area contributed by atoms with Gasteiger partial charge in [-0.05, 0) is 145 Å². The predicted molar refractivity (Wildman–Crippen MR) is 280 cm³/mol. The first-order valence-electron chi connectivity index (χ1n) is 23.4. The number of nitrogens with zero attached hydrogens (tertiary/aromatic N) is 1. The summed E-state index contributed by atoms with van der Waals surface area (Å²) in [4.78, 5) is 2.45. The van der Waals surface area contributed by atoms with Crippen molar-refractivity contribution in [1.29, 1.82) is 0 Å². The maximum Gasteiger partial charge on any atom is 0.136 e. The van der Waals surface area contributed by atoms with Gasteiger partial charge in [-0.1, -0.05) is 164 Å². The fourth-order valence-corrected chi connectivity index (χ4v) is 11.9. The van der Waals surface area contributed by atoms with E-state index >= 15 is 0 Å². The molecular formula is C65H39NO2. The van der Waals surface area contributed by atoms with Crippen LogP contribution in [0.2, 0.25) is 0 Å². The molecule has 316 valence electrons. The Balaban J connectivity index is 0.939. The molecular weight excluding hydrogens is 827 g/mol. The predicted octanol–water partition coefficient (Wildman–Crippen LogP) is 17.8. The number of hydrogen-bond acceptors (Lipinski definition) is 3. The standard InChI is InChI=1S/C65H39NO2/c1-2-14-42-37-64-55(35-41(42)13-1)54-36-44(28-34-62(54)68-64)47-15-6-11-23-60(47)66(45-29-25-40(26-30-45)43-27-32-53-52-19-7-12-24-61(52)67-63(53)38-43)46-31-33-51-50-18-5-10-22-58(50)65(59(51)39-46)56-20-8-3-16-48(56)49-17-4-9-21-57(49)65/h1-39H. The Morgan fingerprint density at radius 2 is 0.794 bits per heavy atom. The molecule has 13 aromatic rings. The smallest absolute Gasteiger partial charge is 0.136 e. The Kier molecular flexibility index (Phi) is 7.71. The molecule has 15 rings (SSSR count). The van der Waals surface area contributed by atoms with Crippen molar-refractivity contribution in [2.45, 2.75) is 5.41 Å². The summed E-state index contributed by atoms with van der Waals surface area (Å²) < 4.78 is 12.8. The van der Waals surface area contributed by atoms with E-state index in [0.29, 0.717) is 0 Å². The lowest BCUT2D eigenvalue weighted by atomic mass is 9.70. The molecule has 3 nitrogen and oxygen atoms in total. The summed E-state index contributed by atoms with van der Waals surface area (Å²) in [5, 5.41) is 6.85. The number of furan rings is 2. The Bertz CT molecular complexity index is 4160. The van der Waals surface area contributed by atoms with Gasteiger partial charge in [0.1, 0.15) is 22.3 Å². The molecule has 0 saturated heterocycles. The van der Waals surface area contributed by atoms with Crippen LogP contribution in [-0.2, 0) is 5.41 Å². The van der Waals surface area contributed by atoms with Crippen molar-refractivity contribution >= 4 is 71.7 Å². The minimum absolute atomic E-state index is 0.475. The third kappa shape index (κ3) is 5.18. The molecule has 3 heteroatoms. The van der Waals surface area contributed by atoms with Crippen LogP contribution in [0.5, 0.6) is 0 Å². The van der Waals surface area contributed by atoms with E-state index in [-0.39, 0.29) is 0 Å². The van der Waals surface area contributed by atoms with Gasteiger partial charge in [0, 0.05) is 38.5 Å². The first-order chi connectivity index (χ1) is 33.7. The number of rotatable bonds is 5. The van der Waals surface area contributed by atoms with Crippen LogP contribution in [0.15, 0.2) is 245 Å². The quantitative estimate of drug-likeness (QED) is 0.173. The van der Waals surface area contributed by atoms with E-state index in [1.165, 1.54) is 55.3 Å². The van der Waals surface area contributed by atoms with E-state index in [9.17, 15) is 0 Å². The molecule has 0 bridgehead atoms. The second-order valence-corrected chi connectivity index (χ2v) is 18.3. The SMILES string of the molecule is c1ccc(N(c2ccc(-c3ccc4c(c3)oc3ccccc34)cc2)c2ccc3c(c2)C2(c4ccccc4-c4ccccc42)c2ccccc2-3)c(-c2ccc3oc4cc5ccccc5cc4c3c2)c1. The van der Waals surface area contributed by atoms with Crippen LogP contribution in [0.3, 0.4) is 0 Å². The molecule has 0 amide bonds. The van der Waals surface area contributed by atoms with Gasteiger partial charge >= 0.3 is 0 Å². The molecule has 0 saturated carbocycles. The topological polar surface area (TPSA) is 29.5 Å². The Labute approximate surface area is 392 Å². The molecule has 0 aliphatic heterocycles. The van der Waals surface area contributed by atoms with Crippen LogP contribution in [0.1, 0.15) is 22.3 Å². The zero-order valence-corrected chi connectivity index (χ0v) is 36.8. The average molecular weight is 866 g/mol. The summed E-state index contributed by atoms with van der Waals surface area (Å²) in [5.41, 5.74) is 21.2. The van der Waals surface area contributed by atoms with Crippen LogP contribution in [0.4, 0.5) is 17.1 Å². The molecule has 2 aromatic heterocycles. The zero-order chi connectivity index (χ0) is 44.5. The Hall–Kier alpha value is -8.92. The lowest BCUT2D eigenvalue weighted by molar-refractivity contribution is 0.669. The first-order valence-corrected chi connectivity index (χ1v) is 23.4. The summed E-state index contributed by atoms with van der Waals surface area (Å²) in [5.74, 6) is 0. The molecule has 0 atom stereocenters. The Morgan fingerprint density at radius 1 is 0.279 bits per heavy atom. The van der Waals surface area contributed by atoms with Crippen LogP contribution >= 0.6 is 0 Å². The second-order valence-electron chi connectivity index (χ2n) is 18.3. The van der Waals surface area contributed by atoms with Gasteiger partial charge in [0.25, 0.3) is 0 Å². The van der Waals surface area contributed by atoms with Gasteiger partial charge in [-0.25, -0.2) is 0 Å². The van der Waals surface area contributed by atoms with Gasteiger partial charge < -0.3 is 13.7 Å². The van der Waals surface area contributed by atoms with Gasteiger partial charge in [-0.3, -0.25) is 0 Å². The van der Waals surface area contributed by atoms with E-state index in [4.69, 9.17) is 8.83 Å². The number of anilines is 3. The van der Waals surface area contributed by atoms with Crippen molar-refractivity contribution in [3.8, 4) is 44.5 Å². The summed E-state index contributed by atoms with van der Waals surface area (Å²) >= 11 is 0. The lowest BCUT2D eigenvalue weighted by Crippen LogP contribution is -2.26. The molecule has 1 spiro atoms. The number of hydrogen-bond donors (Lipinski definition) is 0. The molecule has 0 fully saturated rings. The molecule has 2 heterocycles. The van der Waals surface area contributed by atoms with Crippen LogP contribution in [-0.4, -0.2) is 0 Å². The normalized spacial score (nSPS) is 13.1. The second kappa shape index (κ2) is 14.0. The molecule has 2 aliphatic rings. The van der Waals surface area contributed by atoms with Gasteiger partial charge in [-0.2, -0.15) is 0 Å². The van der Waals surface area contributed by atoms with Crippen molar-refractivity contribution in [1.82, 2.24) is 0 Å². The summed E-state index contributed by atoms with van der Waals surface area (Å²) in [6.45, 7) is 0. The van der Waals surface area contributed by atoms with Gasteiger partial charge in [0.15, 0.2) is 0 Å². The summed E-state index contributed by atoms with van der Waals surface area (Å²) in [6.07, 6.45) is 0. The highest BCUT2D eigenvalue weighted by Crippen LogP contribution is 2.63. The molecule has 68 heavy (non-hydrogen) atoms. The molecule has 11 aromatic carbocycles. The molecule has 0 N–H and O–H groups in total. The maximum atomic E-state index is 6.50. The van der Waals surface area contributed by atoms with E-state index in [2.05, 4.69) is 229 Å². The van der Waals surface area contributed by atoms with Crippen LogP contribution in [0, 0.1) is 0 Å². The molecule has 2 aliphatic carbocycles. The fourth-order valence-electron chi connectivity index (χ4n) is 11.9. The number of para-hydroxylation sites is 2. The summed E-state index contributed by atoms with van der Waals surface area (Å²) in [7, 11) is 0. The van der Waals surface area contributed by atoms with E-state index in [1.807, 2.05) is 12.1 Å². The molecule has 0 unspecified atom stereocenters. The fraction of sp³-hybridized carbons (Fsp3) is 0.0154. The van der Waals surface area contributed by atoms with Crippen molar-refractivity contribution in [2.75, 3.05) is 4.90 Å². The highest BCUT2D eigenvalue weighted by molar-refractivity contribution is 6.11. The van der Waals surface area contributed by atoms with Crippen molar-refractivity contribution in [3.05, 3.63) is 259 Å². The number of fused-ring (bicyclic) bond motifs is 17. The van der Waals surface area contributed by atoms with E-state index < -0.39 is 5.41 Å². The maximum absolute atomic E-state index is 6.50. The average Bonchev–Trinajstić information content (AvgIpc) is 4.13. The highest BCUT2D eigenvalue weighted by atomic mass is 16.3. The molecule has 0 radical (unpaired) electrons. The van der Waals surface area contributed by atoms with Crippen molar-refractivity contribution in [3.63, 3.8) is 0 Å². The zero-order valence-electron chi connectivity index (χ0n) is 36.8. The van der Waals surface area contributed by atoms with Gasteiger partial charge in [0.05, 0.1) is 11.1 Å². The minimum atomic E-state index is -0.475. The van der Waals surface area contributed by atoms with Crippen LogP contribution in [0.25, 0.3) is 99.2 Å².